The maximum Gasteiger partial charge on any atom is 0.150 e. The number of benzene rings is 1. The minimum Gasteiger partial charge on any atom is -0.496 e. The van der Waals surface area contributed by atoms with Crippen molar-refractivity contribution >= 4 is 9.84 Å². The molecule has 0 aliphatic carbocycles. The second-order valence-corrected chi connectivity index (χ2v) is 7.61. The van der Waals surface area contributed by atoms with Gasteiger partial charge >= 0.3 is 0 Å². The highest BCUT2D eigenvalue weighted by molar-refractivity contribution is 7.91. The smallest absolute Gasteiger partial charge is 0.150 e. The molecule has 4 nitrogen and oxygen atoms in total. The summed E-state index contributed by atoms with van der Waals surface area (Å²) in [6.07, 6.45) is 1.72. The molecule has 0 radical (unpaired) electrons. The molecule has 2 rings (SSSR count). The summed E-state index contributed by atoms with van der Waals surface area (Å²) in [4.78, 5) is 0. The first-order chi connectivity index (χ1) is 9.55. The second kappa shape index (κ2) is 6.59. The molecule has 0 bridgehead atoms. The Hall–Kier alpha value is -1.07. The molecule has 0 saturated carbocycles. The van der Waals surface area contributed by atoms with Crippen LogP contribution in [0.5, 0.6) is 5.75 Å². The van der Waals surface area contributed by atoms with Crippen molar-refractivity contribution in [1.82, 2.24) is 5.32 Å². The van der Waals surface area contributed by atoms with Crippen LogP contribution >= 0.6 is 0 Å². The van der Waals surface area contributed by atoms with Crippen LogP contribution in [0.25, 0.3) is 0 Å². The molecule has 1 aromatic carbocycles. The second-order valence-electron chi connectivity index (χ2n) is 5.38. The normalized spacial score (nSPS) is 22.6. The fraction of sp³-hybridized carbons (Fsp3) is 0.600. The molecule has 1 N–H and O–H groups in total. The number of sulfone groups is 1. The minimum absolute atomic E-state index is 0.203. The van der Waals surface area contributed by atoms with E-state index in [2.05, 4.69) is 18.3 Å². The Morgan fingerprint density at radius 2 is 2.15 bits per heavy atom. The Labute approximate surface area is 121 Å². The predicted octanol–water partition coefficient (Wildman–Crippen LogP) is 2.17. The Morgan fingerprint density at radius 3 is 2.75 bits per heavy atom. The molecule has 0 spiro atoms. The third-order valence-electron chi connectivity index (χ3n) is 3.90. The van der Waals surface area contributed by atoms with Crippen molar-refractivity contribution in [3.8, 4) is 5.75 Å². The van der Waals surface area contributed by atoms with Crippen molar-refractivity contribution in [2.45, 2.75) is 25.8 Å². The summed E-state index contributed by atoms with van der Waals surface area (Å²) >= 11 is 0. The van der Waals surface area contributed by atoms with Gasteiger partial charge in [0.1, 0.15) is 5.75 Å². The van der Waals surface area contributed by atoms with Gasteiger partial charge in [-0.15, -0.1) is 0 Å². The van der Waals surface area contributed by atoms with E-state index in [-0.39, 0.29) is 12.0 Å². The van der Waals surface area contributed by atoms with E-state index in [0.717, 1.165) is 30.7 Å². The molecule has 1 fully saturated rings. The third kappa shape index (κ3) is 3.73. The fourth-order valence-electron chi connectivity index (χ4n) is 2.77. The average Bonchev–Trinajstić information content (AvgIpc) is 2.79. The lowest BCUT2D eigenvalue weighted by atomic mass is 10.0. The molecule has 1 heterocycles. The first-order valence-corrected chi connectivity index (χ1v) is 8.94. The summed E-state index contributed by atoms with van der Waals surface area (Å²) < 4.78 is 28.4. The van der Waals surface area contributed by atoms with Crippen LogP contribution in [0.2, 0.25) is 0 Å². The number of methoxy groups -OCH3 is 1. The van der Waals surface area contributed by atoms with Gasteiger partial charge in [-0.1, -0.05) is 25.1 Å². The van der Waals surface area contributed by atoms with Gasteiger partial charge in [-0.25, -0.2) is 8.42 Å². The zero-order chi connectivity index (χ0) is 14.6. The zero-order valence-corrected chi connectivity index (χ0v) is 12.9. The molecule has 112 valence electrons. The van der Waals surface area contributed by atoms with Gasteiger partial charge < -0.3 is 10.1 Å². The summed E-state index contributed by atoms with van der Waals surface area (Å²) in [5.74, 6) is 1.78. The summed E-state index contributed by atoms with van der Waals surface area (Å²) in [6, 6.07) is 8.18. The molecule has 20 heavy (non-hydrogen) atoms. The SMILES string of the molecule is CCC(NCC1CCS(=O)(=O)C1)c1ccccc1OC. The number of rotatable bonds is 6. The molecule has 1 saturated heterocycles. The molecule has 2 atom stereocenters. The first-order valence-electron chi connectivity index (χ1n) is 7.12. The highest BCUT2D eigenvalue weighted by Gasteiger charge is 2.28. The highest BCUT2D eigenvalue weighted by atomic mass is 32.2. The van der Waals surface area contributed by atoms with E-state index in [1.165, 1.54) is 0 Å². The van der Waals surface area contributed by atoms with Crippen LogP contribution in [-0.2, 0) is 9.84 Å². The van der Waals surface area contributed by atoms with E-state index in [0.29, 0.717) is 11.5 Å². The lowest BCUT2D eigenvalue weighted by Gasteiger charge is -2.21. The van der Waals surface area contributed by atoms with Gasteiger partial charge in [0.25, 0.3) is 0 Å². The number of nitrogens with one attached hydrogen (secondary N) is 1. The monoisotopic (exact) mass is 297 g/mol. The Kier molecular flexibility index (Phi) is 5.05. The van der Waals surface area contributed by atoms with Gasteiger partial charge in [0.05, 0.1) is 18.6 Å². The largest absolute Gasteiger partial charge is 0.496 e. The molecular weight excluding hydrogens is 274 g/mol. The van der Waals surface area contributed by atoms with Crippen molar-refractivity contribution in [2.75, 3.05) is 25.2 Å². The molecule has 1 aromatic rings. The van der Waals surface area contributed by atoms with Crippen LogP contribution in [0.4, 0.5) is 0 Å². The topological polar surface area (TPSA) is 55.4 Å². The number of hydrogen-bond donors (Lipinski definition) is 1. The van der Waals surface area contributed by atoms with Gasteiger partial charge in [-0.2, -0.15) is 0 Å². The van der Waals surface area contributed by atoms with E-state index in [9.17, 15) is 8.42 Å². The van der Waals surface area contributed by atoms with Crippen LogP contribution in [0.15, 0.2) is 24.3 Å². The van der Waals surface area contributed by atoms with E-state index in [1.54, 1.807) is 7.11 Å². The summed E-state index contributed by atoms with van der Waals surface area (Å²) in [7, 11) is -1.12. The standard InChI is InChI=1S/C15H23NO3S/c1-3-14(13-6-4-5-7-15(13)19-2)16-10-12-8-9-20(17,18)11-12/h4-7,12,14,16H,3,8-11H2,1-2H3. The fourth-order valence-corrected chi connectivity index (χ4v) is 4.63. The lowest BCUT2D eigenvalue weighted by Crippen LogP contribution is -2.28. The van der Waals surface area contributed by atoms with E-state index in [4.69, 9.17) is 4.74 Å². The molecule has 1 aliphatic heterocycles. The number of para-hydroxylation sites is 1. The molecule has 0 amide bonds. The molecule has 0 aromatic heterocycles. The molecule has 1 aliphatic rings. The number of hydrogen-bond acceptors (Lipinski definition) is 4. The van der Waals surface area contributed by atoms with Crippen molar-refractivity contribution in [3.63, 3.8) is 0 Å². The van der Waals surface area contributed by atoms with Gasteiger partial charge in [0.2, 0.25) is 0 Å². The van der Waals surface area contributed by atoms with Gasteiger partial charge in [0, 0.05) is 11.6 Å². The van der Waals surface area contributed by atoms with Crippen LogP contribution in [0.1, 0.15) is 31.4 Å². The van der Waals surface area contributed by atoms with Gasteiger partial charge in [0.15, 0.2) is 9.84 Å². The number of ether oxygens (including phenoxy) is 1. The molecule has 2 unspecified atom stereocenters. The van der Waals surface area contributed by atoms with Crippen LogP contribution in [0.3, 0.4) is 0 Å². The Morgan fingerprint density at radius 1 is 1.40 bits per heavy atom. The Balaban J connectivity index is 1.99. The average molecular weight is 297 g/mol. The summed E-state index contributed by atoms with van der Waals surface area (Å²) in [5.41, 5.74) is 1.14. The molecule has 5 heteroatoms. The molecular formula is C15H23NO3S. The van der Waals surface area contributed by atoms with Gasteiger partial charge in [-0.05, 0) is 31.4 Å². The van der Waals surface area contributed by atoms with Crippen molar-refractivity contribution in [1.29, 1.82) is 0 Å². The van der Waals surface area contributed by atoms with Gasteiger partial charge in [-0.3, -0.25) is 0 Å². The minimum atomic E-state index is -2.79. The summed E-state index contributed by atoms with van der Waals surface area (Å²) in [6.45, 7) is 2.87. The summed E-state index contributed by atoms with van der Waals surface area (Å²) in [5, 5.41) is 3.50. The quantitative estimate of drug-likeness (QED) is 0.874. The Bertz CT molecular complexity index is 542. The lowest BCUT2D eigenvalue weighted by molar-refractivity contribution is 0.390. The maximum atomic E-state index is 11.5. The first kappa shape index (κ1) is 15.3. The maximum absolute atomic E-state index is 11.5. The third-order valence-corrected chi connectivity index (χ3v) is 5.74. The van der Waals surface area contributed by atoms with Crippen molar-refractivity contribution in [3.05, 3.63) is 29.8 Å². The van der Waals surface area contributed by atoms with Crippen LogP contribution < -0.4 is 10.1 Å². The van der Waals surface area contributed by atoms with E-state index >= 15 is 0 Å². The zero-order valence-electron chi connectivity index (χ0n) is 12.1. The highest BCUT2D eigenvalue weighted by Crippen LogP contribution is 2.27. The van der Waals surface area contributed by atoms with Crippen LogP contribution in [0, 0.1) is 5.92 Å². The van der Waals surface area contributed by atoms with Crippen LogP contribution in [-0.4, -0.2) is 33.6 Å². The van der Waals surface area contributed by atoms with E-state index in [1.807, 2.05) is 18.2 Å². The van der Waals surface area contributed by atoms with E-state index < -0.39 is 9.84 Å². The van der Waals surface area contributed by atoms with Crippen molar-refractivity contribution in [2.24, 2.45) is 5.92 Å². The van der Waals surface area contributed by atoms with Crippen molar-refractivity contribution < 1.29 is 13.2 Å². The predicted molar refractivity (Wildman–Crippen MR) is 80.8 cm³/mol.